The molecule has 0 aliphatic rings. The van der Waals surface area contributed by atoms with Gasteiger partial charge in [0.25, 0.3) is 0 Å². The Hall–Kier alpha value is -2.44. The van der Waals surface area contributed by atoms with Gasteiger partial charge in [-0.2, -0.15) is 5.10 Å². The van der Waals surface area contributed by atoms with Gasteiger partial charge in [-0.05, 0) is 43.5 Å². The molecule has 0 aliphatic heterocycles. The van der Waals surface area contributed by atoms with Crippen LogP contribution >= 0.6 is 0 Å². The summed E-state index contributed by atoms with van der Waals surface area (Å²) < 4.78 is 5.65. The van der Waals surface area contributed by atoms with Crippen molar-refractivity contribution in [3.63, 3.8) is 0 Å². The molecular weight excluding hydrogens is 304 g/mol. The maximum absolute atomic E-state index is 9.58. The lowest BCUT2D eigenvalue weighted by molar-refractivity contribution is 0.220. The fourth-order valence-electron chi connectivity index (χ4n) is 2.65. The van der Waals surface area contributed by atoms with Crippen LogP contribution in [0.15, 0.2) is 47.1 Å². The number of rotatable bonds is 8. The Bertz CT molecular complexity index is 751. The van der Waals surface area contributed by atoms with Crippen LogP contribution in [0, 0.1) is 12.8 Å². The minimum atomic E-state index is 0.124. The first kappa shape index (κ1) is 16.4. The molecule has 126 valence electrons. The average Bonchev–Trinajstić information content (AvgIpc) is 3.23. The second-order valence-corrected chi connectivity index (χ2v) is 5.89. The van der Waals surface area contributed by atoms with Crippen molar-refractivity contribution in [3.8, 4) is 11.5 Å². The van der Waals surface area contributed by atoms with Crippen LogP contribution in [0.2, 0.25) is 0 Å². The third-order valence-electron chi connectivity index (χ3n) is 3.94. The van der Waals surface area contributed by atoms with Crippen LogP contribution < -0.4 is 5.32 Å². The van der Waals surface area contributed by atoms with Crippen molar-refractivity contribution in [2.75, 3.05) is 13.2 Å². The molecule has 0 aromatic carbocycles. The standard InChI is InChI=1S/C18H22N4O2/c1-13-5-6-17(24-13)18-15(11-21-22-18)10-19-9-14(12-23)8-16-4-2-3-7-20-16/h2-7,11,14,19,23H,8-10,12H2,1H3,(H,21,22). The van der Waals surface area contributed by atoms with Gasteiger partial charge in [-0.1, -0.05) is 6.07 Å². The number of aromatic amines is 1. The Kier molecular flexibility index (Phi) is 5.40. The van der Waals surface area contributed by atoms with Gasteiger partial charge < -0.3 is 14.8 Å². The first-order valence-electron chi connectivity index (χ1n) is 8.07. The van der Waals surface area contributed by atoms with Crippen molar-refractivity contribution < 1.29 is 9.52 Å². The van der Waals surface area contributed by atoms with Crippen molar-refractivity contribution in [1.29, 1.82) is 0 Å². The molecule has 3 N–H and O–H groups in total. The summed E-state index contributed by atoms with van der Waals surface area (Å²) in [5.41, 5.74) is 2.92. The smallest absolute Gasteiger partial charge is 0.152 e. The Balaban J connectivity index is 1.55. The SMILES string of the molecule is Cc1ccc(-c2[nH]ncc2CNCC(CO)Cc2ccccn2)o1. The van der Waals surface area contributed by atoms with E-state index in [2.05, 4.69) is 20.5 Å². The molecule has 1 atom stereocenters. The molecule has 0 amide bonds. The molecule has 1 unspecified atom stereocenters. The van der Waals surface area contributed by atoms with Crippen LogP contribution in [0.3, 0.4) is 0 Å². The summed E-state index contributed by atoms with van der Waals surface area (Å²) in [7, 11) is 0. The highest BCUT2D eigenvalue weighted by molar-refractivity contribution is 5.56. The Labute approximate surface area is 140 Å². The van der Waals surface area contributed by atoms with E-state index < -0.39 is 0 Å². The highest BCUT2D eigenvalue weighted by Gasteiger charge is 2.13. The zero-order valence-corrected chi connectivity index (χ0v) is 13.7. The number of aromatic nitrogens is 3. The molecule has 0 aliphatic carbocycles. The van der Waals surface area contributed by atoms with E-state index in [0.717, 1.165) is 34.9 Å². The van der Waals surface area contributed by atoms with Gasteiger partial charge in [-0.15, -0.1) is 0 Å². The highest BCUT2D eigenvalue weighted by Crippen LogP contribution is 2.23. The summed E-state index contributed by atoms with van der Waals surface area (Å²) in [4.78, 5) is 4.31. The van der Waals surface area contributed by atoms with E-state index in [0.29, 0.717) is 13.1 Å². The van der Waals surface area contributed by atoms with E-state index in [9.17, 15) is 5.11 Å². The third kappa shape index (κ3) is 4.10. The molecule has 3 aromatic heterocycles. The van der Waals surface area contributed by atoms with Gasteiger partial charge >= 0.3 is 0 Å². The van der Waals surface area contributed by atoms with Crippen LogP contribution in [0.4, 0.5) is 0 Å². The number of aliphatic hydroxyl groups excluding tert-OH is 1. The molecule has 0 saturated heterocycles. The number of hydrogen-bond donors (Lipinski definition) is 3. The number of furan rings is 1. The van der Waals surface area contributed by atoms with Crippen LogP contribution in [0.1, 0.15) is 17.0 Å². The maximum atomic E-state index is 9.58. The quantitative estimate of drug-likeness (QED) is 0.591. The second-order valence-electron chi connectivity index (χ2n) is 5.89. The number of aliphatic hydroxyl groups is 1. The van der Waals surface area contributed by atoms with E-state index in [1.807, 2.05) is 37.3 Å². The Morgan fingerprint density at radius 3 is 2.92 bits per heavy atom. The molecule has 3 heterocycles. The van der Waals surface area contributed by atoms with Gasteiger partial charge in [0, 0.05) is 37.2 Å². The normalized spacial score (nSPS) is 12.4. The van der Waals surface area contributed by atoms with Gasteiger partial charge in [0.05, 0.1) is 6.20 Å². The monoisotopic (exact) mass is 326 g/mol. The fraction of sp³-hybridized carbons (Fsp3) is 0.333. The molecular formula is C18H22N4O2. The lowest BCUT2D eigenvalue weighted by Gasteiger charge is -2.14. The van der Waals surface area contributed by atoms with Crippen molar-refractivity contribution in [2.24, 2.45) is 5.92 Å². The molecule has 0 bridgehead atoms. The lowest BCUT2D eigenvalue weighted by Crippen LogP contribution is -2.26. The molecule has 0 spiro atoms. The van der Waals surface area contributed by atoms with Crippen LogP contribution in [-0.2, 0) is 13.0 Å². The van der Waals surface area contributed by atoms with E-state index in [-0.39, 0.29) is 12.5 Å². The molecule has 3 rings (SSSR count). The average molecular weight is 326 g/mol. The maximum Gasteiger partial charge on any atom is 0.152 e. The number of H-pyrrole nitrogens is 1. The summed E-state index contributed by atoms with van der Waals surface area (Å²) in [6.45, 7) is 3.40. The number of aryl methyl sites for hydroxylation is 1. The van der Waals surface area contributed by atoms with Gasteiger partial charge in [0.1, 0.15) is 11.5 Å². The fourth-order valence-corrected chi connectivity index (χ4v) is 2.65. The van der Waals surface area contributed by atoms with Gasteiger partial charge in [0.2, 0.25) is 0 Å². The summed E-state index contributed by atoms with van der Waals surface area (Å²) in [5.74, 6) is 1.78. The Morgan fingerprint density at radius 2 is 2.21 bits per heavy atom. The molecule has 0 radical (unpaired) electrons. The minimum Gasteiger partial charge on any atom is -0.460 e. The van der Waals surface area contributed by atoms with Gasteiger partial charge in [0.15, 0.2) is 5.76 Å². The first-order valence-corrected chi connectivity index (χ1v) is 8.07. The van der Waals surface area contributed by atoms with Gasteiger partial charge in [-0.25, -0.2) is 0 Å². The zero-order chi connectivity index (χ0) is 16.8. The van der Waals surface area contributed by atoms with E-state index in [1.165, 1.54) is 0 Å². The molecule has 24 heavy (non-hydrogen) atoms. The van der Waals surface area contributed by atoms with Crippen molar-refractivity contribution >= 4 is 0 Å². The summed E-state index contributed by atoms with van der Waals surface area (Å²) in [6.07, 6.45) is 4.33. The Morgan fingerprint density at radius 1 is 1.29 bits per heavy atom. The lowest BCUT2D eigenvalue weighted by atomic mass is 10.0. The van der Waals surface area contributed by atoms with E-state index in [1.54, 1.807) is 12.4 Å². The van der Waals surface area contributed by atoms with Gasteiger partial charge in [-0.3, -0.25) is 10.1 Å². The highest BCUT2D eigenvalue weighted by atomic mass is 16.3. The van der Waals surface area contributed by atoms with Crippen molar-refractivity contribution in [3.05, 3.63) is 59.7 Å². The second kappa shape index (κ2) is 7.90. The predicted octanol–water partition coefficient (Wildman–Crippen LogP) is 2.31. The predicted molar refractivity (Wildman–Crippen MR) is 91.3 cm³/mol. The van der Waals surface area contributed by atoms with E-state index >= 15 is 0 Å². The van der Waals surface area contributed by atoms with Crippen molar-refractivity contribution in [1.82, 2.24) is 20.5 Å². The van der Waals surface area contributed by atoms with Crippen LogP contribution in [-0.4, -0.2) is 33.4 Å². The molecule has 0 saturated carbocycles. The molecule has 3 aromatic rings. The van der Waals surface area contributed by atoms with Crippen molar-refractivity contribution in [2.45, 2.75) is 19.9 Å². The summed E-state index contributed by atoms with van der Waals surface area (Å²) in [6, 6.07) is 9.71. The first-order chi connectivity index (χ1) is 11.8. The van der Waals surface area contributed by atoms with E-state index in [4.69, 9.17) is 4.42 Å². The van der Waals surface area contributed by atoms with Crippen LogP contribution in [0.25, 0.3) is 11.5 Å². The zero-order valence-electron chi connectivity index (χ0n) is 13.7. The summed E-state index contributed by atoms with van der Waals surface area (Å²) >= 11 is 0. The largest absolute Gasteiger partial charge is 0.460 e. The topological polar surface area (TPSA) is 87.0 Å². The number of pyridine rings is 1. The summed E-state index contributed by atoms with van der Waals surface area (Å²) in [5, 5.41) is 20.1. The van der Waals surface area contributed by atoms with Crippen LogP contribution in [0.5, 0.6) is 0 Å². The number of hydrogen-bond acceptors (Lipinski definition) is 5. The number of nitrogens with one attached hydrogen (secondary N) is 2. The molecule has 6 heteroatoms. The molecule has 6 nitrogen and oxygen atoms in total. The molecule has 0 fully saturated rings. The number of nitrogens with zero attached hydrogens (tertiary/aromatic N) is 2. The minimum absolute atomic E-state index is 0.124. The third-order valence-corrected chi connectivity index (χ3v) is 3.94.